The van der Waals surface area contributed by atoms with Gasteiger partial charge in [-0.1, -0.05) is 6.07 Å². The van der Waals surface area contributed by atoms with Gasteiger partial charge >= 0.3 is 6.09 Å². The smallest absolute Gasteiger partial charge is 0.415 e. The van der Waals surface area contributed by atoms with Crippen molar-refractivity contribution in [2.45, 2.75) is 51.7 Å². The molecule has 0 saturated heterocycles. The van der Waals surface area contributed by atoms with Crippen molar-refractivity contribution < 1.29 is 9.53 Å². The zero-order chi connectivity index (χ0) is 24.6. The molecule has 8 nitrogen and oxygen atoms in total. The van der Waals surface area contributed by atoms with Crippen LogP contribution in [0.25, 0.3) is 28.1 Å². The van der Waals surface area contributed by atoms with E-state index in [-0.39, 0.29) is 12.1 Å². The number of aromatic nitrogens is 4. The number of benzene rings is 1. The number of rotatable bonds is 5. The SMILES string of the molecule is CNc1ncnc2c1cc(-c1ccccn1)n2-c1ccc(N(C(=O)OC(C)(C)C)C2CCC2)cc1. The van der Waals surface area contributed by atoms with E-state index in [0.717, 1.165) is 58.9 Å². The highest BCUT2D eigenvalue weighted by atomic mass is 16.6. The van der Waals surface area contributed by atoms with Crippen LogP contribution in [0.15, 0.2) is 61.1 Å². The van der Waals surface area contributed by atoms with Crippen molar-refractivity contribution in [1.29, 1.82) is 0 Å². The molecular weight excluding hydrogens is 440 g/mol. The van der Waals surface area contributed by atoms with Crippen molar-refractivity contribution >= 4 is 28.6 Å². The Bertz CT molecular complexity index is 1340. The van der Waals surface area contributed by atoms with Crippen LogP contribution in [0.4, 0.5) is 16.3 Å². The fraction of sp³-hybridized carbons (Fsp3) is 0.333. The number of pyridine rings is 1. The molecule has 0 aliphatic heterocycles. The zero-order valence-corrected chi connectivity index (χ0v) is 20.5. The Kier molecular flexibility index (Phi) is 5.88. The van der Waals surface area contributed by atoms with Gasteiger partial charge in [0.05, 0.1) is 16.8 Å². The van der Waals surface area contributed by atoms with Crippen LogP contribution in [0.1, 0.15) is 40.0 Å². The maximum atomic E-state index is 13.1. The number of ether oxygens (including phenoxy) is 1. The highest BCUT2D eigenvalue weighted by Crippen LogP contribution is 2.35. The van der Waals surface area contributed by atoms with Gasteiger partial charge in [-0.25, -0.2) is 14.8 Å². The number of hydrogen-bond donors (Lipinski definition) is 1. The maximum absolute atomic E-state index is 13.1. The van der Waals surface area contributed by atoms with Crippen LogP contribution in [-0.2, 0) is 4.74 Å². The lowest BCUT2D eigenvalue weighted by Crippen LogP contribution is -2.46. The highest BCUT2D eigenvalue weighted by molar-refractivity contribution is 5.94. The average Bonchev–Trinajstić information content (AvgIpc) is 3.20. The molecule has 4 aromatic rings. The second-order valence-corrected chi connectivity index (χ2v) is 9.74. The number of anilines is 2. The van der Waals surface area contributed by atoms with Gasteiger partial charge in [-0.2, -0.15) is 0 Å². The van der Waals surface area contributed by atoms with E-state index in [1.54, 1.807) is 17.4 Å². The average molecular weight is 471 g/mol. The molecule has 1 fully saturated rings. The van der Waals surface area contributed by atoms with Gasteiger partial charge in [-0.15, -0.1) is 0 Å². The number of carbonyl (C=O) groups excluding carboxylic acids is 1. The molecule has 1 N–H and O–H groups in total. The third kappa shape index (κ3) is 4.43. The van der Waals surface area contributed by atoms with E-state index in [1.165, 1.54) is 0 Å². The van der Waals surface area contributed by atoms with Gasteiger partial charge < -0.3 is 10.1 Å². The van der Waals surface area contributed by atoms with Crippen molar-refractivity contribution in [3.05, 3.63) is 61.1 Å². The van der Waals surface area contributed by atoms with E-state index in [4.69, 9.17) is 4.74 Å². The molecule has 0 spiro atoms. The Morgan fingerprint density at radius 2 is 1.86 bits per heavy atom. The molecule has 35 heavy (non-hydrogen) atoms. The Hall–Kier alpha value is -3.94. The Balaban J connectivity index is 1.59. The Morgan fingerprint density at radius 3 is 2.46 bits per heavy atom. The molecular formula is C27H30N6O2. The Morgan fingerprint density at radius 1 is 1.09 bits per heavy atom. The summed E-state index contributed by atoms with van der Waals surface area (Å²) in [5, 5.41) is 4.06. The first kappa shape index (κ1) is 22.8. The number of amides is 1. The number of carbonyl (C=O) groups is 1. The summed E-state index contributed by atoms with van der Waals surface area (Å²) in [5.41, 5.74) is 3.72. The van der Waals surface area contributed by atoms with Gasteiger partial charge in [0.25, 0.3) is 0 Å². The van der Waals surface area contributed by atoms with E-state index >= 15 is 0 Å². The summed E-state index contributed by atoms with van der Waals surface area (Å²) >= 11 is 0. The van der Waals surface area contributed by atoms with Crippen molar-refractivity contribution in [1.82, 2.24) is 19.5 Å². The molecule has 8 heteroatoms. The zero-order valence-electron chi connectivity index (χ0n) is 20.5. The molecule has 5 rings (SSSR count). The minimum Gasteiger partial charge on any atom is -0.443 e. The molecule has 1 saturated carbocycles. The molecule has 3 aromatic heterocycles. The third-order valence-corrected chi connectivity index (χ3v) is 6.18. The molecule has 1 amide bonds. The maximum Gasteiger partial charge on any atom is 0.415 e. The van der Waals surface area contributed by atoms with Gasteiger partial charge in [-0.05, 0) is 82.5 Å². The van der Waals surface area contributed by atoms with E-state index in [0.29, 0.717) is 0 Å². The number of hydrogen-bond acceptors (Lipinski definition) is 6. The lowest BCUT2D eigenvalue weighted by molar-refractivity contribution is 0.0549. The minimum absolute atomic E-state index is 0.165. The van der Waals surface area contributed by atoms with E-state index in [1.807, 2.05) is 70.3 Å². The molecule has 1 aliphatic rings. The minimum atomic E-state index is -0.550. The summed E-state index contributed by atoms with van der Waals surface area (Å²) in [5.74, 6) is 0.753. The van der Waals surface area contributed by atoms with Gasteiger partial charge in [-0.3, -0.25) is 14.5 Å². The fourth-order valence-electron chi connectivity index (χ4n) is 4.36. The second kappa shape index (κ2) is 9.02. The van der Waals surface area contributed by atoms with E-state index in [9.17, 15) is 4.79 Å². The predicted octanol–water partition coefficient (Wildman–Crippen LogP) is 5.82. The molecule has 3 heterocycles. The molecule has 0 radical (unpaired) electrons. The normalized spacial score (nSPS) is 13.9. The lowest BCUT2D eigenvalue weighted by atomic mass is 9.91. The lowest BCUT2D eigenvalue weighted by Gasteiger charge is -2.38. The largest absolute Gasteiger partial charge is 0.443 e. The van der Waals surface area contributed by atoms with Gasteiger partial charge in [0, 0.05) is 30.7 Å². The van der Waals surface area contributed by atoms with Crippen LogP contribution in [0, 0.1) is 0 Å². The van der Waals surface area contributed by atoms with Crippen LogP contribution in [-0.4, -0.2) is 44.3 Å². The topological polar surface area (TPSA) is 85.2 Å². The first-order chi connectivity index (χ1) is 16.9. The number of fused-ring (bicyclic) bond motifs is 1. The summed E-state index contributed by atoms with van der Waals surface area (Å²) in [6, 6.07) is 16.0. The number of nitrogens with one attached hydrogen (secondary N) is 1. The Labute approximate surface area is 205 Å². The summed E-state index contributed by atoms with van der Waals surface area (Å²) in [6.45, 7) is 5.68. The molecule has 0 atom stereocenters. The predicted molar refractivity (Wildman–Crippen MR) is 138 cm³/mol. The third-order valence-electron chi connectivity index (χ3n) is 6.18. The summed E-state index contributed by atoms with van der Waals surface area (Å²) in [7, 11) is 1.85. The fourth-order valence-corrected chi connectivity index (χ4v) is 4.36. The summed E-state index contributed by atoms with van der Waals surface area (Å²) in [4.78, 5) is 28.4. The molecule has 1 aliphatic carbocycles. The van der Waals surface area contributed by atoms with Gasteiger partial charge in [0.15, 0.2) is 5.65 Å². The number of nitrogens with zero attached hydrogens (tertiary/aromatic N) is 5. The first-order valence-corrected chi connectivity index (χ1v) is 11.9. The van der Waals surface area contributed by atoms with Crippen molar-refractivity contribution in [2.75, 3.05) is 17.3 Å². The standard InChI is InChI=1S/C27H30N6O2/c1-27(2,3)35-26(34)32(18-8-7-9-18)19-11-13-20(14-12-19)33-23(22-10-5-6-15-29-22)16-21-24(28-4)30-17-31-25(21)33/h5-6,10-18H,7-9H2,1-4H3,(H,28,30,31). The van der Waals surface area contributed by atoms with Crippen LogP contribution < -0.4 is 10.2 Å². The molecule has 1 aromatic carbocycles. The van der Waals surface area contributed by atoms with Crippen LogP contribution in [0.2, 0.25) is 0 Å². The second-order valence-electron chi connectivity index (χ2n) is 9.74. The van der Waals surface area contributed by atoms with Gasteiger partial charge in [0.1, 0.15) is 17.7 Å². The van der Waals surface area contributed by atoms with Gasteiger partial charge in [0.2, 0.25) is 0 Å². The van der Waals surface area contributed by atoms with Crippen molar-refractivity contribution in [3.63, 3.8) is 0 Å². The van der Waals surface area contributed by atoms with Crippen LogP contribution in [0.3, 0.4) is 0 Å². The molecule has 0 unspecified atom stereocenters. The summed E-state index contributed by atoms with van der Waals surface area (Å²) in [6.07, 6.45) is 6.12. The van der Waals surface area contributed by atoms with E-state index < -0.39 is 5.60 Å². The highest BCUT2D eigenvalue weighted by Gasteiger charge is 2.33. The first-order valence-electron chi connectivity index (χ1n) is 11.9. The molecule has 180 valence electrons. The quantitative estimate of drug-likeness (QED) is 0.396. The van der Waals surface area contributed by atoms with Crippen LogP contribution in [0.5, 0.6) is 0 Å². The van der Waals surface area contributed by atoms with Crippen LogP contribution >= 0.6 is 0 Å². The summed E-state index contributed by atoms with van der Waals surface area (Å²) < 4.78 is 7.80. The van der Waals surface area contributed by atoms with Crippen molar-refractivity contribution in [3.8, 4) is 17.1 Å². The molecule has 0 bridgehead atoms. The van der Waals surface area contributed by atoms with Crippen molar-refractivity contribution in [2.24, 2.45) is 0 Å². The monoisotopic (exact) mass is 470 g/mol. The van der Waals surface area contributed by atoms with E-state index in [2.05, 4.69) is 30.9 Å².